The highest BCUT2D eigenvalue weighted by Gasteiger charge is 2.14. The number of nitrogens with one attached hydrogen (secondary N) is 2. The van der Waals surface area contributed by atoms with Gasteiger partial charge in [-0.1, -0.05) is 0 Å². The summed E-state index contributed by atoms with van der Waals surface area (Å²) in [6, 6.07) is 22.3. The van der Waals surface area contributed by atoms with Crippen LogP contribution in [0.4, 0.5) is 0 Å². The number of hydrazone groups is 2. The van der Waals surface area contributed by atoms with Gasteiger partial charge in [-0.05, 0) is 96.1 Å². The molecule has 0 fully saturated rings. The lowest BCUT2D eigenvalue weighted by Gasteiger charge is -2.09. The first-order chi connectivity index (χ1) is 24.2. The summed E-state index contributed by atoms with van der Waals surface area (Å²) in [6.45, 7) is 0. The number of rotatable bonds is 15. The third-order valence-corrected chi connectivity index (χ3v) is 6.80. The van der Waals surface area contributed by atoms with Gasteiger partial charge >= 0.3 is 11.9 Å². The van der Waals surface area contributed by atoms with Gasteiger partial charge in [-0.3, -0.25) is 9.59 Å². The monoisotopic (exact) mass is 682 g/mol. The third kappa shape index (κ3) is 10.4. The van der Waals surface area contributed by atoms with Crippen LogP contribution in [-0.4, -0.2) is 64.6 Å². The molecule has 0 radical (unpaired) electrons. The quantitative estimate of drug-likeness (QED) is 0.0785. The Balaban J connectivity index is 1.15. The zero-order valence-corrected chi connectivity index (χ0v) is 27.6. The van der Waals surface area contributed by atoms with Crippen molar-refractivity contribution in [3.05, 3.63) is 107 Å². The number of nitrogens with zero attached hydrogens (tertiary/aromatic N) is 2. The van der Waals surface area contributed by atoms with Crippen molar-refractivity contribution < 1.29 is 47.6 Å². The Labute approximate surface area is 287 Å². The van der Waals surface area contributed by atoms with E-state index in [2.05, 4.69) is 21.1 Å². The van der Waals surface area contributed by atoms with Crippen LogP contribution in [0, 0.1) is 0 Å². The molecule has 0 saturated heterocycles. The van der Waals surface area contributed by atoms with E-state index in [1.165, 1.54) is 53.0 Å². The molecule has 14 heteroatoms. The number of methoxy groups -OCH3 is 4. The molecule has 50 heavy (non-hydrogen) atoms. The molecule has 0 aromatic heterocycles. The Hall–Kier alpha value is -6.70. The van der Waals surface area contributed by atoms with Crippen molar-refractivity contribution in [3.63, 3.8) is 0 Å². The van der Waals surface area contributed by atoms with Gasteiger partial charge in [-0.25, -0.2) is 20.4 Å². The lowest BCUT2D eigenvalue weighted by molar-refractivity contribution is -0.126. The topological polar surface area (TPSA) is 172 Å². The maximum atomic E-state index is 12.5. The van der Waals surface area contributed by atoms with Crippen molar-refractivity contribution in [3.8, 4) is 34.5 Å². The van der Waals surface area contributed by atoms with E-state index in [4.69, 9.17) is 28.4 Å². The van der Waals surface area contributed by atoms with Gasteiger partial charge in [0.1, 0.15) is 11.5 Å². The molecular weight excluding hydrogens is 648 g/mol. The molecule has 0 aliphatic carbocycles. The van der Waals surface area contributed by atoms with E-state index in [0.717, 1.165) is 0 Å². The standard InChI is InChI=1S/C36H34N4O10/c1-45-29-15-9-25(19-31(29)47-3)35(43)49-27-11-5-23(6-12-27)21-37-39-33(41)17-18-34(42)40-38-22-24-7-13-28(14-8-24)50-36(44)26-10-16-30(46-2)32(20-26)48-4/h5-16,19-22H,17-18H2,1-4H3,(H,39,41)(H,40,42)/b37-21+,38-22+. The van der Waals surface area contributed by atoms with Gasteiger partial charge in [0, 0.05) is 12.8 Å². The predicted octanol–water partition coefficient (Wildman–Crippen LogP) is 4.54. The van der Waals surface area contributed by atoms with E-state index in [9.17, 15) is 19.2 Å². The number of benzene rings is 4. The molecule has 0 atom stereocenters. The molecule has 4 rings (SSSR count). The number of amides is 2. The van der Waals surface area contributed by atoms with Crippen LogP contribution in [0.25, 0.3) is 0 Å². The Morgan fingerprint density at radius 3 is 1.22 bits per heavy atom. The molecule has 0 saturated carbocycles. The first-order valence-corrected chi connectivity index (χ1v) is 14.9. The van der Waals surface area contributed by atoms with Crippen LogP contribution in [0.2, 0.25) is 0 Å². The van der Waals surface area contributed by atoms with Crippen LogP contribution in [0.1, 0.15) is 44.7 Å². The molecule has 0 heterocycles. The summed E-state index contributed by atoms with van der Waals surface area (Å²) in [7, 11) is 5.95. The van der Waals surface area contributed by atoms with Crippen LogP contribution >= 0.6 is 0 Å². The highest BCUT2D eigenvalue weighted by molar-refractivity contribution is 5.93. The molecular formula is C36H34N4O10. The van der Waals surface area contributed by atoms with E-state index in [-0.39, 0.29) is 24.0 Å². The Morgan fingerprint density at radius 2 is 0.880 bits per heavy atom. The van der Waals surface area contributed by atoms with E-state index in [1.807, 2.05) is 0 Å². The molecule has 4 aromatic rings. The van der Waals surface area contributed by atoms with Gasteiger partial charge < -0.3 is 28.4 Å². The zero-order chi connectivity index (χ0) is 35.9. The predicted molar refractivity (Wildman–Crippen MR) is 183 cm³/mol. The van der Waals surface area contributed by atoms with Gasteiger partial charge in [0.15, 0.2) is 23.0 Å². The van der Waals surface area contributed by atoms with Crippen LogP contribution in [0.3, 0.4) is 0 Å². The first-order valence-electron chi connectivity index (χ1n) is 14.9. The summed E-state index contributed by atoms with van der Waals surface area (Å²) in [5.41, 5.74) is 6.55. The third-order valence-electron chi connectivity index (χ3n) is 6.80. The van der Waals surface area contributed by atoms with Crippen molar-refractivity contribution >= 4 is 36.2 Å². The van der Waals surface area contributed by atoms with Crippen molar-refractivity contribution in [2.75, 3.05) is 28.4 Å². The van der Waals surface area contributed by atoms with E-state index in [0.29, 0.717) is 45.6 Å². The number of carbonyl (C=O) groups excluding carboxylic acids is 4. The van der Waals surface area contributed by atoms with Crippen LogP contribution in [0.5, 0.6) is 34.5 Å². The number of ether oxygens (including phenoxy) is 6. The molecule has 0 unspecified atom stereocenters. The normalized spacial score (nSPS) is 10.7. The first kappa shape index (κ1) is 36.1. The lowest BCUT2D eigenvalue weighted by Crippen LogP contribution is -2.22. The van der Waals surface area contributed by atoms with Crippen molar-refractivity contribution in [2.45, 2.75) is 12.8 Å². The summed E-state index contributed by atoms with van der Waals surface area (Å²) in [5.74, 6) is 0.313. The molecule has 0 aliphatic rings. The fourth-order valence-corrected chi connectivity index (χ4v) is 4.20. The Bertz CT molecular complexity index is 1740. The second kappa shape index (κ2) is 18.0. The maximum absolute atomic E-state index is 12.5. The Kier molecular flexibility index (Phi) is 13.0. The van der Waals surface area contributed by atoms with Crippen LogP contribution in [0.15, 0.2) is 95.1 Å². The smallest absolute Gasteiger partial charge is 0.343 e. The summed E-state index contributed by atoms with van der Waals surface area (Å²) in [6.07, 6.45) is 2.57. The summed E-state index contributed by atoms with van der Waals surface area (Å²) < 4.78 is 31.6. The van der Waals surface area contributed by atoms with Gasteiger partial charge in [0.05, 0.1) is 52.0 Å². The SMILES string of the molecule is COc1ccc(C(=O)Oc2ccc(/C=N/NC(=O)CCC(=O)N/N=C/c3ccc(OC(=O)c4ccc(OC)c(OC)c4)cc3)cc2)cc1OC. The molecule has 14 nitrogen and oxygen atoms in total. The van der Waals surface area contributed by atoms with Gasteiger partial charge in [-0.2, -0.15) is 10.2 Å². The number of hydrogen-bond acceptors (Lipinski definition) is 12. The highest BCUT2D eigenvalue weighted by Crippen LogP contribution is 2.29. The second-order valence-electron chi connectivity index (χ2n) is 10.1. The summed E-state index contributed by atoms with van der Waals surface area (Å²) >= 11 is 0. The average Bonchev–Trinajstić information content (AvgIpc) is 3.14. The minimum atomic E-state index is -0.573. The van der Waals surface area contributed by atoms with E-state index >= 15 is 0 Å². The van der Waals surface area contributed by atoms with Gasteiger partial charge in [-0.15, -0.1) is 0 Å². The zero-order valence-electron chi connectivity index (χ0n) is 27.6. The average molecular weight is 683 g/mol. The molecule has 4 aromatic carbocycles. The van der Waals surface area contributed by atoms with Crippen molar-refractivity contribution in [1.29, 1.82) is 0 Å². The lowest BCUT2D eigenvalue weighted by atomic mass is 10.2. The second-order valence-corrected chi connectivity index (χ2v) is 10.1. The van der Waals surface area contributed by atoms with Crippen molar-refractivity contribution in [2.24, 2.45) is 10.2 Å². The fraction of sp³-hybridized carbons (Fsp3) is 0.167. The molecule has 0 aliphatic heterocycles. The van der Waals surface area contributed by atoms with Crippen LogP contribution < -0.4 is 39.3 Å². The number of esters is 2. The Morgan fingerprint density at radius 1 is 0.520 bits per heavy atom. The molecule has 0 spiro atoms. The number of hydrogen-bond donors (Lipinski definition) is 2. The maximum Gasteiger partial charge on any atom is 0.343 e. The van der Waals surface area contributed by atoms with E-state index in [1.54, 1.807) is 72.8 Å². The molecule has 2 N–H and O–H groups in total. The molecule has 258 valence electrons. The highest BCUT2D eigenvalue weighted by atomic mass is 16.5. The summed E-state index contributed by atoms with van der Waals surface area (Å²) in [5, 5.41) is 7.78. The molecule has 2 amide bonds. The fourth-order valence-electron chi connectivity index (χ4n) is 4.20. The largest absolute Gasteiger partial charge is 0.493 e. The minimum Gasteiger partial charge on any atom is -0.493 e. The van der Waals surface area contributed by atoms with Crippen LogP contribution in [-0.2, 0) is 9.59 Å². The molecule has 0 bridgehead atoms. The summed E-state index contributed by atoms with van der Waals surface area (Å²) in [4.78, 5) is 49.3. The van der Waals surface area contributed by atoms with E-state index < -0.39 is 23.8 Å². The van der Waals surface area contributed by atoms with Gasteiger partial charge in [0.25, 0.3) is 0 Å². The minimum absolute atomic E-state index is 0.121. The number of carbonyl (C=O) groups is 4. The van der Waals surface area contributed by atoms with Gasteiger partial charge in [0.2, 0.25) is 11.8 Å². The van der Waals surface area contributed by atoms with Crippen molar-refractivity contribution in [1.82, 2.24) is 10.9 Å².